The van der Waals surface area contributed by atoms with E-state index in [1.165, 1.54) is 0 Å². The molecule has 2 aliphatic heterocycles. The number of hydrogen-bond donors (Lipinski definition) is 0. The molecule has 146 valence electrons. The summed E-state index contributed by atoms with van der Waals surface area (Å²) < 4.78 is 12.1. The summed E-state index contributed by atoms with van der Waals surface area (Å²) in [5.74, 6) is 2.13. The Morgan fingerprint density at radius 1 is 1.21 bits per heavy atom. The second-order valence-electron chi connectivity index (χ2n) is 6.38. The Balaban J connectivity index is 1.65. The van der Waals surface area contributed by atoms with Crippen molar-refractivity contribution in [3.05, 3.63) is 52.5 Å². The largest absolute Gasteiger partial charge is 0.493 e. The molecule has 0 radical (unpaired) electrons. The average Bonchev–Trinajstić information content (AvgIpc) is 3.24. The molecule has 2 aliphatic rings. The van der Waals surface area contributed by atoms with Crippen molar-refractivity contribution in [1.29, 1.82) is 0 Å². The van der Waals surface area contributed by atoms with E-state index in [1.54, 1.807) is 23.8 Å². The summed E-state index contributed by atoms with van der Waals surface area (Å²) in [6.07, 6.45) is 0. The molecule has 4 rings (SSSR count). The van der Waals surface area contributed by atoms with Gasteiger partial charge in [-0.05, 0) is 61.1 Å². The Kier molecular flexibility index (Phi) is 5.53. The number of ether oxygens (including phenoxy) is 2. The van der Waals surface area contributed by atoms with Gasteiger partial charge in [0.15, 0.2) is 16.6 Å². The molecule has 0 bridgehead atoms. The minimum Gasteiger partial charge on any atom is -0.493 e. The third-order valence-corrected chi connectivity index (χ3v) is 7.02. The second-order valence-corrected chi connectivity index (χ2v) is 8.78. The van der Waals surface area contributed by atoms with E-state index < -0.39 is 0 Å². The van der Waals surface area contributed by atoms with Gasteiger partial charge in [0.05, 0.1) is 19.4 Å². The molecule has 2 aromatic rings. The normalized spacial score (nSPS) is 21.2. The van der Waals surface area contributed by atoms with Crippen LogP contribution in [0.4, 0.5) is 5.69 Å². The quantitative estimate of drug-likeness (QED) is 0.584. The molecule has 8 heteroatoms. The molecule has 2 saturated heterocycles. The monoisotopic (exact) mass is 478 g/mol. The first kappa shape index (κ1) is 19.5. The van der Waals surface area contributed by atoms with E-state index >= 15 is 0 Å². The fraction of sp³-hybridized carbons (Fsp3) is 0.300. The van der Waals surface area contributed by atoms with E-state index in [0.29, 0.717) is 29.0 Å². The topological polar surface area (TPSA) is 42.0 Å². The number of thioether (sulfide) groups is 1. The Morgan fingerprint density at radius 3 is 2.64 bits per heavy atom. The number of methoxy groups -OCH3 is 1. The van der Waals surface area contributed by atoms with Crippen LogP contribution in [0.5, 0.6) is 11.5 Å². The average molecular weight is 479 g/mol. The third-order valence-electron chi connectivity index (χ3n) is 4.78. The van der Waals surface area contributed by atoms with Crippen LogP contribution in [0.2, 0.25) is 0 Å². The highest BCUT2D eigenvalue weighted by atomic mass is 79.9. The zero-order valence-electron chi connectivity index (χ0n) is 15.4. The van der Waals surface area contributed by atoms with Crippen molar-refractivity contribution >= 4 is 56.6 Å². The molecule has 0 aromatic heterocycles. The van der Waals surface area contributed by atoms with E-state index in [0.717, 1.165) is 15.7 Å². The fourth-order valence-corrected chi connectivity index (χ4v) is 5.66. The summed E-state index contributed by atoms with van der Waals surface area (Å²) in [4.78, 5) is 16.7. The smallest absolute Gasteiger partial charge is 0.257 e. The molecule has 2 fully saturated rings. The summed E-state index contributed by atoms with van der Waals surface area (Å²) in [5.41, 5.74) is 1.83. The summed E-state index contributed by atoms with van der Waals surface area (Å²) in [6, 6.07) is 13.3. The van der Waals surface area contributed by atoms with E-state index in [1.807, 2.05) is 54.3 Å². The summed E-state index contributed by atoms with van der Waals surface area (Å²) >= 11 is 10.9. The minimum atomic E-state index is -0.247. The van der Waals surface area contributed by atoms with Crippen LogP contribution in [-0.4, -0.2) is 41.4 Å². The summed E-state index contributed by atoms with van der Waals surface area (Å²) in [6.45, 7) is 2.51. The third kappa shape index (κ3) is 3.27. The van der Waals surface area contributed by atoms with Crippen molar-refractivity contribution in [2.24, 2.45) is 0 Å². The number of benzene rings is 2. The molecule has 2 heterocycles. The predicted octanol–water partition coefficient (Wildman–Crippen LogP) is 4.60. The van der Waals surface area contributed by atoms with Gasteiger partial charge in [0.25, 0.3) is 5.91 Å². The number of amides is 1. The number of carbonyl (C=O) groups is 1. The molecule has 0 unspecified atom stereocenters. The SMILES string of the molecule is CCOc1ccc([C@H]2SC[C@@H]3C(=O)N(c4ccc(Br)cc4)C(=S)N32)cc1OC. The Morgan fingerprint density at radius 2 is 1.96 bits per heavy atom. The van der Waals surface area contributed by atoms with Crippen molar-refractivity contribution in [1.82, 2.24) is 4.90 Å². The lowest BCUT2D eigenvalue weighted by atomic mass is 10.1. The molecule has 0 N–H and O–H groups in total. The van der Waals surface area contributed by atoms with Crippen molar-refractivity contribution in [2.75, 3.05) is 24.4 Å². The van der Waals surface area contributed by atoms with E-state index in [9.17, 15) is 4.79 Å². The van der Waals surface area contributed by atoms with Gasteiger partial charge in [0.1, 0.15) is 11.4 Å². The number of thiocarbonyl (C=S) groups is 1. The lowest BCUT2D eigenvalue weighted by molar-refractivity contribution is -0.119. The number of fused-ring (bicyclic) bond motifs is 1. The highest BCUT2D eigenvalue weighted by Crippen LogP contribution is 2.47. The number of rotatable bonds is 5. The minimum absolute atomic E-state index is 0.0280. The van der Waals surface area contributed by atoms with Crippen LogP contribution in [0.3, 0.4) is 0 Å². The summed E-state index contributed by atoms with van der Waals surface area (Å²) in [7, 11) is 1.63. The maximum absolute atomic E-state index is 13.0. The van der Waals surface area contributed by atoms with Crippen LogP contribution in [0.25, 0.3) is 0 Å². The zero-order chi connectivity index (χ0) is 19.8. The van der Waals surface area contributed by atoms with Crippen molar-refractivity contribution in [3.63, 3.8) is 0 Å². The Bertz CT molecular complexity index is 922. The molecule has 2 aromatic carbocycles. The van der Waals surface area contributed by atoms with Crippen molar-refractivity contribution in [3.8, 4) is 11.5 Å². The first-order chi connectivity index (χ1) is 13.5. The highest BCUT2D eigenvalue weighted by molar-refractivity contribution is 9.10. The second kappa shape index (κ2) is 7.93. The van der Waals surface area contributed by atoms with Gasteiger partial charge in [-0.1, -0.05) is 22.0 Å². The van der Waals surface area contributed by atoms with Crippen LogP contribution in [0, 0.1) is 0 Å². The lowest BCUT2D eigenvalue weighted by Gasteiger charge is -2.26. The van der Waals surface area contributed by atoms with Gasteiger partial charge in [-0.3, -0.25) is 9.69 Å². The van der Waals surface area contributed by atoms with Crippen LogP contribution in [0.1, 0.15) is 17.9 Å². The van der Waals surface area contributed by atoms with Crippen LogP contribution < -0.4 is 14.4 Å². The standard InChI is InChI=1S/C20H19BrN2O3S2/c1-3-26-16-9-4-12(10-17(16)25-2)19-23-15(11-28-19)18(24)22(20(23)27)14-7-5-13(21)6-8-14/h4-10,15,19H,3,11H2,1-2H3/t15-,19-/m1/s1. The highest BCUT2D eigenvalue weighted by Gasteiger charge is 2.50. The van der Waals surface area contributed by atoms with Crippen LogP contribution in [0.15, 0.2) is 46.9 Å². The molecule has 0 spiro atoms. The molecule has 2 atom stereocenters. The summed E-state index contributed by atoms with van der Waals surface area (Å²) in [5, 5.41) is 0.506. The molecular weight excluding hydrogens is 460 g/mol. The molecule has 5 nitrogen and oxygen atoms in total. The van der Waals surface area contributed by atoms with Crippen molar-refractivity contribution < 1.29 is 14.3 Å². The first-order valence-corrected chi connectivity index (χ1v) is 11.1. The maximum Gasteiger partial charge on any atom is 0.257 e. The fourth-order valence-electron chi connectivity index (χ4n) is 3.49. The van der Waals surface area contributed by atoms with Crippen molar-refractivity contribution in [2.45, 2.75) is 18.3 Å². The molecule has 0 aliphatic carbocycles. The number of anilines is 1. The molecule has 28 heavy (non-hydrogen) atoms. The van der Waals surface area contributed by atoms with Gasteiger partial charge in [0.2, 0.25) is 0 Å². The number of carbonyl (C=O) groups excluding carboxylic acids is 1. The maximum atomic E-state index is 13.0. The van der Waals surface area contributed by atoms with Gasteiger partial charge in [0, 0.05) is 10.2 Å². The predicted molar refractivity (Wildman–Crippen MR) is 119 cm³/mol. The van der Waals surface area contributed by atoms with Gasteiger partial charge < -0.3 is 14.4 Å². The Hall–Kier alpha value is -1.77. The van der Waals surface area contributed by atoms with E-state index in [-0.39, 0.29) is 17.3 Å². The van der Waals surface area contributed by atoms with Gasteiger partial charge in [-0.25, -0.2) is 0 Å². The van der Waals surface area contributed by atoms with Crippen LogP contribution >= 0.6 is 39.9 Å². The van der Waals surface area contributed by atoms with Crippen LogP contribution in [-0.2, 0) is 4.79 Å². The van der Waals surface area contributed by atoms with Gasteiger partial charge in [-0.2, -0.15) is 0 Å². The first-order valence-electron chi connectivity index (χ1n) is 8.89. The molecule has 0 saturated carbocycles. The Labute approximate surface area is 182 Å². The number of hydrogen-bond acceptors (Lipinski definition) is 5. The number of halogens is 1. The van der Waals surface area contributed by atoms with E-state index in [2.05, 4.69) is 15.9 Å². The van der Waals surface area contributed by atoms with E-state index in [4.69, 9.17) is 21.7 Å². The lowest BCUT2D eigenvalue weighted by Crippen LogP contribution is -2.33. The van der Waals surface area contributed by atoms with Gasteiger partial charge >= 0.3 is 0 Å². The number of nitrogens with zero attached hydrogens (tertiary/aromatic N) is 2. The zero-order valence-corrected chi connectivity index (χ0v) is 18.6. The van der Waals surface area contributed by atoms with Gasteiger partial charge in [-0.15, -0.1) is 11.8 Å². The molecule has 1 amide bonds. The molecular formula is C20H19BrN2O3S2.